The molecule has 2 rings (SSSR count). The van der Waals surface area contributed by atoms with Gasteiger partial charge in [0.25, 0.3) is 0 Å². The van der Waals surface area contributed by atoms with Gasteiger partial charge in [0.15, 0.2) is 0 Å². The normalized spacial score (nSPS) is 18.6. The zero-order valence-corrected chi connectivity index (χ0v) is 27.1. The third-order valence-electron chi connectivity index (χ3n) is 8.88. The standard InChI is InChI=1S/C35H56O5/c1-23(2)14-11-15-24(3)16-12-17-25(4)18-13-20-35(9)21-19-30-29(8)32(27(6)28(7)33(30)40-35)39-31(36)22-26(5)34(37)38-10/h22-25H,11-21H2,1-10H3/b26-22-. The minimum Gasteiger partial charge on any atom is -0.487 e. The minimum absolute atomic E-state index is 0.181. The molecule has 1 aliphatic heterocycles. The van der Waals surface area contributed by atoms with Gasteiger partial charge in [0.05, 0.1) is 7.11 Å². The van der Waals surface area contributed by atoms with E-state index in [4.69, 9.17) is 9.47 Å². The minimum atomic E-state index is -0.579. The van der Waals surface area contributed by atoms with Crippen molar-refractivity contribution in [2.45, 2.75) is 139 Å². The fourth-order valence-corrected chi connectivity index (χ4v) is 5.94. The Morgan fingerprint density at radius 3 is 2.05 bits per heavy atom. The number of carbonyl (C=O) groups is 2. The first-order chi connectivity index (χ1) is 18.8. The molecule has 0 amide bonds. The summed E-state index contributed by atoms with van der Waals surface area (Å²) >= 11 is 0. The Labute approximate surface area is 244 Å². The molecular formula is C35H56O5. The van der Waals surface area contributed by atoms with Crippen molar-refractivity contribution >= 4 is 11.9 Å². The van der Waals surface area contributed by atoms with Gasteiger partial charge in [0, 0.05) is 17.2 Å². The van der Waals surface area contributed by atoms with Gasteiger partial charge in [-0.3, -0.25) is 0 Å². The molecule has 1 aliphatic rings. The Kier molecular flexibility index (Phi) is 13.3. The predicted molar refractivity (Wildman–Crippen MR) is 164 cm³/mol. The number of ether oxygens (including phenoxy) is 3. The number of carbonyl (C=O) groups excluding carboxylic acids is 2. The molecule has 1 aromatic carbocycles. The zero-order valence-electron chi connectivity index (χ0n) is 27.1. The number of hydrogen-bond acceptors (Lipinski definition) is 5. The Hall–Kier alpha value is -2.30. The van der Waals surface area contributed by atoms with Crippen LogP contribution in [-0.2, 0) is 20.7 Å². The molecule has 0 spiro atoms. The Morgan fingerprint density at radius 1 is 0.900 bits per heavy atom. The SMILES string of the molecule is COC(=O)/C(C)=C\C(=O)Oc1c(C)c(C)c2c(c1C)CCC(C)(CCCC(C)CCCC(C)CCCC(C)C)O2. The van der Waals surface area contributed by atoms with Gasteiger partial charge < -0.3 is 14.2 Å². The van der Waals surface area contributed by atoms with Crippen molar-refractivity contribution in [1.29, 1.82) is 0 Å². The van der Waals surface area contributed by atoms with Crippen molar-refractivity contribution in [3.63, 3.8) is 0 Å². The predicted octanol–water partition coefficient (Wildman–Crippen LogP) is 9.16. The first kappa shape index (κ1) is 33.9. The topological polar surface area (TPSA) is 61.8 Å². The molecule has 3 atom stereocenters. The molecular weight excluding hydrogens is 500 g/mol. The van der Waals surface area contributed by atoms with E-state index in [9.17, 15) is 9.59 Å². The summed E-state index contributed by atoms with van der Waals surface area (Å²) < 4.78 is 17.1. The van der Waals surface area contributed by atoms with Crippen LogP contribution in [0.2, 0.25) is 0 Å². The van der Waals surface area contributed by atoms with Crippen molar-refractivity contribution in [2.75, 3.05) is 7.11 Å². The molecule has 0 saturated carbocycles. The molecule has 5 nitrogen and oxygen atoms in total. The molecule has 0 saturated heterocycles. The summed E-state index contributed by atoms with van der Waals surface area (Å²) in [7, 11) is 1.29. The molecule has 5 heteroatoms. The average Bonchev–Trinajstić information content (AvgIpc) is 2.89. The van der Waals surface area contributed by atoms with Crippen LogP contribution in [0.3, 0.4) is 0 Å². The fraction of sp³-hybridized carbons (Fsp3) is 0.714. The summed E-state index contributed by atoms with van der Waals surface area (Å²) in [5.41, 5.74) is 3.99. The number of hydrogen-bond donors (Lipinski definition) is 0. The van der Waals surface area contributed by atoms with Crippen molar-refractivity contribution in [3.8, 4) is 11.5 Å². The maximum atomic E-state index is 12.5. The van der Waals surface area contributed by atoms with E-state index in [2.05, 4.69) is 39.4 Å². The lowest BCUT2D eigenvalue weighted by molar-refractivity contribution is -0.137. The lowest BCUT2D eigenvalue weighted by Crippen LogP contribution is -2.37. The number of methoxy groups -OCH3 is 1. The maximum absolute atomic E-state index is 12.5. The molecule has 0 fully saturated rings. The quantitative estimate of drug-likeness (QED) is 0.122. The highest BCUT2D eigenvalue weighted by Crippen LogP contribution is 2.45. The second-order valence-corrected chi connectivity index (χ2v) is 13.2. The first-order valence-corrected chi connectivity index (χ1v) is 15.6. The Bertz CT molecular complexity index is 1040. The van der Waals surface area contributed by atoms with Gasteiger partial charge in [-0.1, -0.05) is 72.6 Å². The summed E-state index contributed by atoms with van der Waals surface area (Å²) in [4.78, 5) is 24.2. The number of esters is 2. The summed E-state index contributed by atoms with van der Waals surface area (Å²) in [5.74, 6) is 2.81. The number of fused-ring (bicyclic) bond motifs is 1. The van der Waals surface area contributed by atoms with Gasteiger partial charge in [-0.25, -0.2) is 9.59 Å². The highest BCUT2D eigenvalue weighted by molar-refractivity contribution is 5.96. The number of benzene rings is 1. The van der Waals surface area contributed by atoms with Crippen molar-refractivity contribution in [2.24, 2.45) is 17.8 Å². The van der Waals surface area contributed by atoms with Crippen molar-refractivity contribution in [1.82, 2.24) is 0 Å². The zero-order chi connectivity index (χ0) is 30.0. The molecule has 1 heterocycles. The van der Waals surface area contributed by atoms with Crippen LogP contribution in [0, 0.1) is 38.5 Å². The largest absolute Gasteiger partial charge is 0.487 e. The van der Waals surface area contributed by atoms with Crippen molar-refractivity contribution < 1.29 is 23.8 Å². The number of rotatable bonds is 15. The van der Waals surface area contributed by atoms with Crippen LogP contribution in [-0.4, -0.2) is 24.6 Å². The molecule has 0 aromatic heterocycles. The summed E-state index contributed by atoms with van der Waals surface area (Å²) in [6.07, 6.45) is 14.6. The van der Waals surface area contributed by atoms with Gasteiger partial charge in [0.2, 0.25) is 0 Å². The van der Waals surface area contributed by atoms with E-state index < -0.39 is 11.9 Å². The average molecular weight is 557 g/mol. The lowest BCUT2D eigenvalue weighted by atomic mass is 9.83. The van der Waals surface area contributed by atoms with E-state index >= 15 is 0 Å². The van der Waals surface area contributed by atoms with Crippen LogP contribution in [0.1, 0.15) is 128 Å². The Balaban J connectivity index is 1.92. The van der Waals surface area contributed by atoms with E-state index in [1.54, 1.807) is 0 Å². The molecule has 0 aliphatic carbocycles. The smallest absolute Gasteiger partial charge is 0.336 e. The van der Waals surface area contributed by atoms with Crippen LogP contribution in [0.15, 0.2) is 11.6 Å². The van der Waals surface area contributed by atoms with Crippen LogP contribution in [0.25, 0.3) is 0 Å². The molecule has 3 unspecified atom stereocenters. The summed E-state index contributed by atoms with van der Waals surface area (Å²) in [6.45, 7) is 19.2. The second-order valence-electron chi connectivity index (χ2n) is 13.2. The van der Waals surface area contributed by atoms with Gasteiger partial charge in [0.1, 0.15) is 17.1 Å². The van der Waals surface area contributed by atoms with Gasteiger partial charge in [-0.15, -0.1) is 0 Å². The van der Waals surface area contributed by atoms with Crippen molar-refractivity contribution in [3.05, 3.63) is 33.9 Å². The van der Waals surface area contributed by atoms with Gasteiger partial charge >= 0.3 is 11.9 Å². The van der Waals surface area contributed by atoms with Crippen LogP contribution in [0.5, 0.6) is 11.5 Å². The van der Waals surface area contributed by atoms with Crippen LogP contribution in [0.4, 0.5) is 0 Å². The third kappa shape index (κ3) is 9.96. The molecule has 0 bridgehead atoms. The molecule has 0 N–H and O–H groups in total. The van der Waals surface area contributed by atoms with Crippen LogP contribution >= 0.6 is 0 Å². The lowest BCUT2D eigenvalue weighted by Gasteiger charge is -2.38. The molecule has 0 radical (unpaired) electrons. The molecule has 226 valence electrons. The summed E-state index contributed by atoms with van der Waals surface area (Å²) in [5, 5.41) is 0. The molecule has 1 aromatic rings. The van der Waals surface area contributed by atoms with E-state index in [1.165, 1.54) is 71.5 Å². The van der Waals surface area contributed by atoms with E-state index in [-0.39, 0.29) is 11.2 Å². The fourth-order valence-electron chi connectivity index (χ4n) is 5.94. The first-order valence-electron chi connectivity index (χ1n) is 15.6. The third-order valence-corrected chi connectivity index (χ3v) is 8.88. The van der Waals surface area contributed by atoms with E-state index in [0.29, 0.717) is 5.75 Å². The van der Waals surface area contributed by atoms with Crippen LogP contribution < -0.4 is 9.47 Å². The van der Waals surface area contributed by atoms with Gasteiger partial charge in [-0.2, -0.15) is 0 Å². The highest BCUT2D eigenvalue weighted by Gasteiger charge is 2.34. The second kappa shape index (κ2) is 15.6. The molecule has 40 heavy (non-hydrogen) atoms. The maximum Gasteiger partial charge on any atom is 0.336 e. The Morgan fingerprint density at radius 2 is 1.48 bits per heavy atom. The van der Waals surface area contributed by atoms with Gasteiger partial charge in [-0.05, 0) is 94.7 Å². The highest BCUT2D eigenvalue weighted by atomic mass is 16.5. The van der Waals surface area contributed by atoms with E-state index in [1.807, 2.05) is 20.8 Å². The summed E-state index contributed by atoms with van der Waals surface area (Å²) in [6, 6.07) is 0. The monoisotopic (exact) mass is 556 g/mol. The van der Waals surface area contributed by atoms with E-state index in [0.717, 1.165) is 65.0 Å².